The third-order valence-electron chi connectivity index (χ3n) is 2.90. The zero-order valence-electron chi connectivity index (χ0n) is 10.0. The Morgan fingerprint density at radius 1 is 1.56 bits per heavy atom. The summed E-state index contributed by atoms with van der Waals surface area (Å²) in [5.41, 5.74) is 5.44. The van der Waals surface area contributed by atoms with E-state index in [9.17, 15) is 13.2 Å². The van der Waals surface area contributed by atoms with Gasteiger partial charge in [0.1, 0.15) is 4.21 Å². The van der Waals surface area contributed by atoms with Gasteiger partial charge >= 0.3 is 0 Å². The second-order valence-corrected chi connectivity index (χ2v) is 7.50. The summed E-state index contributed by atoms with van der Waals surface area (Å²) in [7, 11) is -1.97. The average molecular weight is 290 g/mol. The summed E-state index contributed by atoms with van der Waals surface area (Å²) in [5, 5.41) is 0. The Bertz CT molecular complexity index is 573. The van der Waals surface area contributed by atoms with Crippen LogP contribution in [0, 0.1) is 6.92 Å². The van der Waals surface area contributed by atoms with Crippen LogP contribution in [0.2, 0.25) is 0 Å². The summed E-state index contributed by atoms with van der Waals surface area (Å²) in [6.07, 6.45) is -0.0450. The number of rotatable bonds is 4. The first-order chi connectivity index (χ1) is 8.36. The maximum atomic E-state index is 12.2. The molecule has 1 aromatic heterocycles. The molecule has 1 aliphatic heterocycles. The highest BCUT2D eigenvalue weighted by Gasteiger charge is 2.38. The van der Waals surface area contributed by atoms with E-state index in [0.29, 0.717) is 18.0 Å². The van der Waals surface area contributed by atoms with Crippen molar-refractivity contribution < 1.29 is 17.9 Å². The van der Waals surface area contributed by atoms with Crippen molar-refractivity contribution in [3.05, 3.63) is 16.5 Å². The van der Waals surface area contributed by atoms with Gasteiger partial charge in [0.25, 0.3) is 10.0 Å². The van der Waals surface area contributed by atoms with Gasteiger partial charge in [-0.25, -0.2) is 8.42 Å². The van der Waals surface area contributed by atoms with Crippen LogP contribution in [0.25, 0.3) is 0 Å². The highest BCUT2D eigenvalue weighted by molar-refractivity contribution is 7.91. The molecule has 0 spiro atoms. The van der Waals surface area contributed by atoms with E-state index in [1.54, 1.807) is 14.0 Å². The van der Waals surface area contributed by atoms with Crippen LogP contribution in [0.3, 0.4) is 0 Å². The monoisotopic (exact) mass is 290 g/mol. The minimum Gasteiger partial charge on any atom is -0.379 e. The molecule has 2 N–H and O–H groups in total. The Hall–Kier alpha value is -0.960. The van der Waals surface area contributed by atoms with Crippen LogP contribution in [-0.4, -0.2) is 44.9 Å². The first-order valence-electron chi connectivity index (χ1n) is 5.29. The number of aryl methyl sites for hydroxylation is 1. The highest BCUT2D eigenvalue weighted by Crippen LogP contribution is 2.30. The van der Waals surface area contributed by atoms with Crippen molar-refractivity contribution in [1.29, 1.82) is 0 Å². The van der Waals surface area contributed by atoms with E-state index in [4.69, 9.17) is 10.5 Å². The lowest BCUT2D eigenvalue weighted by Crippen LogP contribution is -2.54. The molecule has 0 aliphatic carbocycles. The summed E-state index contributed by atoms with van der Waals surface area (Å²) in [5.74, 6) is -0.608. The Balaban J connectivity index is 2.26. The predicted octanol–water partition coefficient (Wildman–Crippen LogP) is 0.175. The van der Waals surface area contributed by atoms with E-state index in [2.05, 4.69) is 0 Å². The van der Waals surface area contributed by atoms with Gasteiger partial charge in [-0.3, -0.25) is 4.79 Å². The Kier molecular flexibility index (Phi) is 3.45. The molecule has 6 nitrogen and oxygen atoms in total. The van der Waals surface area contributed by atoms with Crippen molar-refractivity contribution in [3.8, 4) is 0 Å². The minimum absolute atomic E-state index is 0.0450. The molecule has 8 heteroatoms. The number of sulfonamides is 1. The summed E-state index contributed by atoms with van der Waals surface area (Å²) in [6, 6.07) is 1.35. The molecule has 0 unspecified atom stereocenters. The fourth-order valence-corrected chi connectivity index (χ4v) is 4.81. The van der Waals surface area contributed by atoms with Gasteiger partial charge in [0.05, 0.1) is 11.7 Å². The minimum atomic E-state index is -3.52. The molecular formula is C10H14N2O4S2. The average Bonchev–Trinajstić information content (AvgIpc) is 2.59. The van der Waals surface area contributed by atoms with Gasteiger partial charge in [-0.1, -0.05) is 0 Å². The second kappa shape index (κ2) is 4.61. The van der Waals surface area contributed by atoms with Crippen molar-refractivity contribution in [3.63, 3.8) is 0 Å². The largest absolute Gasteiger partial charge is 0.379 e. The number of thiophene rings is 1. The quantitative estimate of drug-likeness (QED) is 0.856. The van der Waals surface area contributed by atoms with Crippen LogP contribution in [0.1, 0.15) is 15.2 Å². The van der Waals surface area contributed by atoms with Gasteiger partial charge in [0, 0.05) is 25.1 Å². The van der Waals surface area contributed by atoms with E-state index in [1.807, 2.05) is 0 Å². The van der Waals surface area contributed by atoms with Gasteiger partial charge in [-0.15, -0.1) is 11.3 Å². The molecule has 0 aromatic carbocycles. The number of nitrogens with two attached hydrogens (primary N) is 1. The third kappa shape index (κ3) is 2.16. The lowest BCUT2D eigenvalue weighted by atomic mass is 10.2. The molecule has 0 radical (unpaired) electrons. The van der Waals surface area contributed by atoms with Gasteiger partial charge in [0.15, 0.2) is 0 Å². The van der Waals surface area contributed by atoms with Crippen molar-refractivity contribution in [2.24, 2.45) is 5.73 Å². The number of hydrogen-bond acceptors (Lipinski definition) is 5. The second-order valence-electron chi connectivity index (χ2n) is 4.08. The number of ether oxygens (including phenoxy) is 1. The smallest absolute Gasteiger partial charge is 0.252 e. The molecule has 2 rings (SSSR count). The molecule has 0 bridgehead atoms. The van der Waals surface area contributed by atoms with E-state index < -0.39 is 15.9 Å². The van der Waals surface area contributed by atoms with Crippen LogP contribution in [-0.2, 0) is 14.8 Å². The number of carbonyl (C=O) groups is 1. The van der Waals surface area contributed by atoms with Crippen LogP contribution in [0.15, 0.2) is 10.3 Å². The number of carbonyl (C=O) groups excluding carboxylic acids is 1. The Labute approximate surface area is 109 Å². The molecule has 0 atom stereocenters. The first-order valence-corrected chi connectivity index (χ1v) is 7.55. The molecule has 1 amide bonds. The van der Waals surface area contributed by atoms with E-state index in [0.717, 1.165) is 11.3 Å². The molecule has 1 aliphatic rings. The molecule has 2 heterocycles. The molecule has 1 aromatic rings. The number of primary amides is 1. The van der Waals surface area contributed by atoms with Crippen molar-refractivity contribution in [2.45, 2.75) is 17.2 Å². The Morgan fingerprint density at radius 2 is 2.17 bits per heavy atom. The zero-order chi connectivity index (χ0) is 13.5. The topological polar surface area (TPSA) is 89.7 Å². The van der Waals surface area contributed by atoms with Crippen molar-refractivity contribution in [2.75, 3.05) is 20.2 Å². The molecule has 0 saturated carbocycles. The van der Waals surface area contributed by atoms with Crippen LogP contribution in [0.5, 0.6) is 0 Å². The summed E-state index contributed by atoms with van der Waals surface area (Å²) >= 11 is 1.06. The summed E-state index contributed by atoms with van der Waals surface area (Å²) < 4.78 is 30.9. The normalized spacial score (nSPS) is 17.7. The predicted molar refractivity (Wildman–Crippen MR) is 67.1 cm³/mol. The molecular weight excluding hydrogens is 276 g/mol. The van der Waals surface area contributed by atoms with E-state index in [-0.39, 0.29) is 15.9 Å². The van der Waals surface area contributed by atoms with Gasteiger partial charge < -0.3 is 10.5 Å². The number of methoxy groups -OCH3 is 1. The molecule has 18 heavy (non-hydrogen) atoms. The fraction of sp³-hybridized carbons (Fsp3) is 0.500. The van der Waals surface area contributed by atoms with Crippen LogP contribution >= 0.6 is 11.3 Å². The summed E-state index contributed by atoms with van der Waals surface area (Å²) in [4.78, 5) is 11.7. The van der Waals surface area contributed by atoms with Gasteiger partial charge in [-0.2, -0.15) is 4.31 Å². The molecule has 1 fully saturated rings. The maximum Gasteiger partial charge on any atom is 0.252 e. The van der Waals surface area contributed by atoms with Gasteiger partial charge in [-0.05, 0) is 13.0 Å². The SMILES string of the molecule is COC1CN(S(=O)(=O)c2cc(C(N)=O)c(C)s2)C1. The van der Waals surface area contributed by atoms with E-state index >= 15 is 0 Å². The zero-order valence-corrected chi connectivity index (χ0v) is 11.7. The first kappa shape index (κ1) is 13.5. The van der Waals surface area contributed by atoms with Crippen molar-refractivity contribution >= 4 is 27.3 Å². The number of hydrogen-bond donors (Lipinski definition) is 1. The fourth-order valence-electron chi connectivity index (χ4n) is 1.70. The summed E-state index contributed by atoms with van der Waals surface area (Å²) in [6.45, 7) is 2.38. The van der Waals surface area contributed by atoms with E-state index in [1.165, 1.54) is 10.4 Å². The Morgan fingerprint density at radius 3 is 2.61 bits per heavy atom. The standard InChI is InChI=1S/C10H14N2O4S2/c1-6-8(10(11)13)3-9(17-6)18(14,15)12-4-7(5-12)16-2/h3,7H,4-5H2,1-2H3,(H2,11,13). The number of amides is 1. The third-order valence-corrected chi connectivity index (χ3v) is 6.23. The highest BCUT2D eigenvalue weighted by atomic mass is 32.2. The van der Waals surface area contributed by atoms with Crippen molar-refractivity contribution in [1.82, 2.24) is 4.31 Å². The van der Waals surface area contributed by atoms with Crippen LogP contribution < -0.4 is 5.73 Å². The molecule has 100 valence electrons. The molecule has 1 saturated heterocycles. The van der Waals surface area contributed by atoms with Gasteiger partial charge in [0.2, 0.25) is 5.91 Å². The maximum absolute atomic E-state index is 12.2. The lowest BCUT2D eigenvalue weighted by molar-refractivity contribution is 0.0126. The van der Waals surface area contributed by atoms with Crippen LogP contribution in [0.4, 0.5) is 0 Å². The lowest BCUT2D eigenvalue weighted by Gasteiger charge is -2.36. The number of nitrogens with zero attached hydrogens (tertiary/aromatic N) is 1.